The molecular formula is C9H18N2O. The molecule has 0 aromatic heterocycles. The Bertz CT molecular complexity index is 170. The zero-order valence-corrected chi connectivity index (χ0v) is 7.92. The minimum absolute atomic E-state index is 0.268. The number of carbonyl (C=O) groups excluding carboxylic acids is 1. The fraction of sp³-hybridized carbons (Fsp3) is 0.889. The molecular weight excluding hydrogens is 152 g/mol. The number of urea groups is 1. The van der Waals surface area contributed by atoms with Crippen molar-refractivity contribution in [3.63, 3.8) is 0 Å². The number of hydrogen-bond acceptors (Lipinski definition) is 1. The van der Waals surface area contributed by atoms with Gasteiger partial charge >= 0.3 is 6.03 Å². The summed E-state index contributed by atoms with van der Waals surface area (Å²) in [7, 11) is 0. The summed E-state index contributed by atoms with van der Waals surface area (Å²) in [5, 5.41) is 0. The van der Waals surface area contributed by atoms with E-state index in [1.165, 1.54) is 6.42 Å². The Morgan fingerprint density at radius 2 is 2.08 bits per heavy atom. The fourth-order valence-corrected chi connectivity index (χ4v) is 1.92. The van der Waals surface area contributed by atoms with E-state index < -0.39 is 0 Å². The van der Waals surface area contributed by atoms with E-state index in [-0.39, 0.29) is 6.03 Å². The van der Waals surface area contributed by atoms with Gasteiger partial charge in [-0.15, -0.1) is 0 Å². The molecule has 1 fully saturated rings. The van der Waals surface area contributed by atoms with E-state index in [0.29, 0.717) is 5.92 Å². The topological polar surface area (TPSA) is 46.3 Å². The molecule has 2 atom stereocenters. The molecule has 3 heteroatoms. The molecule has 0 radical (unpaired) electrons. The highest BCUT2D eigenvalue weighted by Gasteiger charge is 2.20. The van der Waals surface area contributed by atoms with E-state index in [1.807, 2.05) is 0 Å². The van der Waals surface area contributed by atoms with Crippen LogP contribution in [0.1, 0.15) is 26.7 Å². The second kappa shape index (κ2) is 3.78. The molecule has 0 spiro atoms. The molecule has 1 aliphatic rings. The van der Waals surface area contributed by atoms with Gasteiger partial charge in [-0.25, -0.2) is 4.79 Å². The SMILES string of the molecule is CC1CCN(C(N)=O)CC(C)C1. The van der Waals surface area contributed by atoms with Crippen molar-refractivity contribution >= 4 is 6.03 Å². The lowest BCUT2D eigenvalue weighted by Crippen LogP contribution is -2.38. The van der Waals surface area contributed by atoms with Crippen LogP contribution in [-0.2, 0) is 0 Å². The number of likely N-dealkylation sites (tertiary alicyclic amines) is 1. The fourth-order valence-electron chi connectivity index (χ4n) is 1.92. The first-order valence-electron chi connectivity index (χ1n) is 4.64. The van der Waals surface area contributed by atoms with Crippen molar-refractivity contribution < 1.29 is 4.79 Å². The molecule has 0 bridgehead atoms. The lowest BCUT2D eigenvalue weighted by Gasteiger charge is -2.19. The predicted octanol–water partition coefficient (Wildman–Crippen LogP) is 1.43. The Hall–Kier alpha value is -0.730. The lowest BCUT2D eigenvalue weighted by molar-refractivity contribution is 0.203. The zero-order valence-electron chi connectivity index (χ0n) is 7.92. The van der Waals surface area contributed by atoms with Gasteiger partial charge in [-0.3, -0.25) is 0 Å². The number of nitrogens with two attached hydrogens (primary N) is 1. The van der Waals surface area contributed by atoms with Crippen LogP contribution in [0.2, 0.25) is 0 Å². The molecule has 0 aromatic rings. The Morgan fingerprint density at radius 3 is 2.67 bits per heavy atom. The van der Waals surface area contributed by atoms with E-state index in [9.17, 15) is 4.79 Å². The molecule has 1 saturated heterocycles. The van der Waals surface area contributed by atoms with Crippen LogP contribution < -0.4 is 5.73 Å². The summed E-state index contributed by atoms with van der Waals surface area (Å²) in [5.74, 6) is 1.32. The van der Waals surface area contributed by atoms with E-state index in [0.717, 1.165) is 25.4 Å². The highest BCUT2D eigenvalue weighted by Crippen LogP contribution is 2.20. The average Bonchev–Trinajstić information content (AvgIpc) is 2.11. The van der Waals surface area contributed by atoms with Gasteiger partial charge in [-0.1, -0.05) is 13.8 Å². The third-order valence-electron chi connectivity index (χ3n) is 2.54. The second-order valence-electron chi connectivity index (χ2n) is 4.02. The molecule has 1 heterocycles. The number of hydrogen-bond donors (Lipinski definition) is 1. The summed E-state index contributed by atoms with van der Waals surface area (Å²) >= 11 is 0. The molecule has 1 rings (SSSR count). The Morgan fingerprint density at radius 1 is 1.42 bits per heavy atom. The van der Waals surface area contributed by atoms with Gasteiger partial charge in [0.05, 0.1) is 0 Å². The number of amides is 2. The Labute approximate surface area is 73.9 Å². The van der Waals surface area contributed by atoms with Crippen molar-refractivity contribution in [3.8, 4) is 0 Å². The summed E-state index contributed by atoms with van der Waals surface area (Å²) in [6, 6.07) is -0.268. The maximum atomic E-state index is 10.9. The summed E-state index contributed by atoms with van der Waals surface area (Å²) in [5.41, 5.74) is 5.23. The molecule has 2 unspecified atom stereocenters. The van der Waals surface area contributed by atoms with Crippen LogP contribution >= 0.6 is 0 Å². The molecule has 1 aliphatic heterocycles. The van der Waals surface area contributed by atoms with Gasteiger partial charge in [0.25, 0.3) is 0 Å². The van der Waals surface area contributed by atoms with Crippen molar-refractivity contribution in [1.82, 2.24) is 4.90 Å². The molecule has 12 heavy (non-hydrogen) atoms. The zero-order chi connectivity index (χ0) is 9.14. The Balaban J connectivity index is 2.52. The average molecular weight is 170 g/mol. The monoisotopic (exact) mass is 170 g/mol. The summed E-state index contributed by atoms with van der Waals surface area (Å²) < 4.78 is 0. The van der Waals surface area contributed by atoms with Gasteiger partial charge < -0.3 is 10.6 Å². The molecule has 0 saturated carbocycles. The van der Waals surface area contributed by atoms with Crippen LogP contribution in [0.3, 0.4) is 0 Å². The molecule has 2 N–H and O–H groups in total. The third-order valence-corrected chi connectivity index (χ3v) is 2.54. The summed E-state index contributed by atoms with van der Waals surface area (Å²) in [4.78, 5) is 12.7. The highest BCUT2D eigenvalue weighted by molar-refractivity contribution is 5.71. The van der Waals surface area contributed by atoms with E-state index in [2.05, 4.69) is 13.8 Å². The number of rotatable bonds is 0. The maximum Gasteiger partial charge on any atom is 0.314 e. The van der Waals surface area contributed by atoms with E-state index in [4.69, 9.17) is 5.73 Å². The van der Waals surface area contributed by atoms with Crippen molar-refractivity contribution in [3.05, 3.63) is 0 Å². The van der Waals surface area contributed by atoms with Gasteiger partial charge in [0.1, 0.15) is 0 Å². The first kappa shape index (κ1) is 9.36. The van der Waals surface area contributed by atoms with Crippen LogP contribution in [0.5, 0.6) is 0 Å². The molecule has 3 nitrogen and oxygen atoms in total. The molecule has 0 aromatic carbocycles. The van der Waals surface area contributed by atoms with Gasteiger partial charge in [-0.2, -0.15) is 0 Å². The second-order valence-corrected chi connectivity index (χ2v) is 4.02. The minimum atomic E-state index is -0.268. The van der Waals surface area contributed by atoms with Gasteiger partial charge in [0.15, 0.2) is 0 Å². The largest absolute Gasteiger partial charge is 0.351 e. The van der Waals surface area contributed by atoms with Crippen LogP contribution in [0.4, 0.5) is 4.79 Å². The molecule has 2 amide bonds. The number of primary amides is 1. The summed E-state index contributed by atoms with van der Waals surface area (Å²) in [6.45, 7) is 6.08. The van der Waals surface area contributed by atoms with Crippen molar-refractivity contribution in [1.29, 1.82) is 0 Å². The smallest absolute Gasteiger partial charge is 0.314 e. The normalized spacial score (nSPS) is 31.3. The highest BCUT2D eigenvalue weighted by atomic mass is 16.2. The van der Waals surface area contributed by atoms with Crippen LogP contribution in [0.15, 0.2) is 0 Å². The van der Waals surface area contributed by atoms with E-state index in [1.54, 1.807) is 4.90 Å². The maximum absolute atomic E-state index is 10.9. The summed E-state index contributed by atoms with van der Waals surface area (Å²) in [6.07, 6.45) is 2.30. The van der Waals surface area contributed by atoms with Gasteiger partial charge in [0, 0.05) is 13.1 Å². The van der Waals surface area contributed by atoms with E-state index >= 15 is 0 Å². The quantitative estimate of drug-likeness (QED) is 0.587. The minimum Gasteiger partial charge on any atom is -0.351 e. The number of carbonyl (C=O) groups is 1. The van der Waals surface area contributed by atoms with Crippen molar-refractivity contribution in [2.75, 3.05) is 13.1 Å². The lowest BCUT2D eigenvalue weighted by atomic mass is 9.97. The Kier molecular flexibility index (Phi) is 2.95. The van der Waals surface area contributed by atoms with Gasteiger partial charge in [-0.05, 0) is 24.7 Å². The van der Waals surface area contributed by atoms with Gasteiger partial charge in [0.2, 0.25) is 0 Å². The van der Waals surface area contributed by atoms with Crippen molar-refractivity contribution in [2.45, 2.75) is 26.7 Å². The van der Waals surface area contributed by atoms with Crippen LogP contribution in [-0.4, -0.2) is 24.0 Å². The molecule has 70 valence electrons. The third kappa shape index (κ3) is 2.40. The predicted molar refractivity (Wildman–Crippen MR) is 48.7 cm³/mol. The first-order chi connectivity index (χ1) is 5.59. The standard InChI is InChI=1S/C9H18N2O/c1-7-3-4-11(9(10)12)6-8(2)5-7/h7-8H,3-6H2,1-2H3,(H2,10,12). The molecule has 0 aliphatic carbocycles. The van der Waals surface area contributed by atoms with Crippen LogP contribution in [0.25, 0.3) is 0 Å². The first-order valence-corrected chi connectivity index (χ1v) is 4.64. The number of nitrogens with zero attached hydrogens (tertiary/aromatic N) is 1. The van der Waals surface area contributed by atoms with Crippen molar-refractivity contribution in [2.24, 2.45) is 17.6 Å². The van der Waals surface area contributed by atoms with Crippen LogP contribution in [0, 0.1) is 11.8 Å².